The van der Waals surface area contributed by atoms with Gasteiger partial charge in [-0.25, -0.2) is 0 Å². The van der Waals surface area contributed by atoms with Crippen LogP contribution >= 0.6 is 0 Å². The number of nitro benzene ring substituents is 1. The molecule has 0 bridgehead atoms. The van der Waals surface area contributed by atoms with Crippen molar-refractivity contribution in [3.63, 3.8) is 0 Å². The van der Waals surface area contributed by atoms with Crippen LogP contribution in [0.3, 0.4) is 0 Å². The normalized spacial score (nSPS) is 16.1. The van der Waals surface area contributed by atoms with E-state index >= 15 is 0 Å². The third kappa shape index (κ3) is 4.75. The molecule has 0 aromatic heterocycles. The quantitative estimate of drug-likeness (QED) is 0.559. The van der Waals surface area contributed by atoms with Gasteiger partial charge < -0.3 is 4.90 Å². The second kappa shape index (κ2) is 8.75. The van der Waals surface area contributed by atoms with Crippen LogP contribution in [0.2, 0.25) is 0 Å². The van der Waals surface area contributed by atoms with Crippen molar-refractivity contribution in [2.24, 2.45) is 0 Å². The van der Waals surface area contributed by atoms with Crippen LogP contribution in [0, 0.1) is 10.1 Å². The van der Waals surface area contributed by atoms with E-state index in [1.807, 2.05) is 30.9 Å². The van der Waals surface area contributed by atoms with Crippen LogP contribution in [-0.2, 0) is 11.3 Å². The van der Waals surface area contributed by atoms with Crippen molar-refractivity contribution in [1.82, 2.24) is 14.7 Å². The highest BCUT2D eigenvalue weighted by molar-refractivity contribution is 5.78. The van der Waals surface area contributed by atoms with Crippen LogP contribution in [-0.4, -0.2) is 71.3 Å². The number of amides is 1. The van der Waals surface area contributed by atoms with Gasteiger partial charge in [0, 0.05) is 57.4 Å². The zero-order valence-electron chi connectivity index (χ0n) is 14.5. The van der Waals surface area contributed by atoms with E-state index in [0.29, 0.717) is 13.1 Å². The maximum atomic E-state index is 12.2. The van der Waals surface area contributed by atoms with E-state index in [0.717, 1.165) is 44.8 Å². The SMILES string of the molecule is CCN(CC)C(=O)CN1CCN(Cc2ccccc2[N+](=O)[O-])CC1. The Morgan fingerprint density at radius 3 is 2.29 bits per heavy atom. The molecule has 1 saturated heterocycles. The summed E-state index contributed by atoms with van der Waals surface area (Å²) in [6.07, 6.45) is 0. The van der Waals surface area contributed by atoms with Crippen LogP contribution in [0.25, 0.3) is 0 Å². The number of carbonyl (C=O) groups excluding carboxylic acids is 1. The van der Waals surface area contributed by atoms with Crippen molar-refractivity contribution in [3.8, 4) is 0 Å². The third-order valence-corrected chi connectivity index (χ3v) is 4.52. The van der Waals surface area contributed by atoms with Gasteiger partial charge in [0.25, 0.3) is 5.69 Å². The molecular formula is C17H26N4O3. The predicted octanol–water partition coefficient (Wildman–Crippen LogP) is 1.58. The molecule has 1 fully saturated rings. The van der Waals surface area contributed by atoms with Gasteiger partial charge in [0.1, 0.15) is 0 Å². The number of piperazine rings is 1. The van der Waals surface area contributed by atoms with Crippen LogP contribution < -0.4 is 0 Å². The summed E-state index contributed by atoms with van der Waals surface area (Å²) >= 11 is 0. The first-order chi connectivity index (χ1) is 11.5. The fourth-order valence-corrected chi connectivity index (χ4v) is 3.04. The first-order valence-corrected chi connectivity index (χ1v) is 8.49. The molecule has 132 valence electrons. The highest BCUT2D eigenvalue weighted by Crippen LogP contribution is 2.20. The summed E-state index contributed by atoms with van der Waals surface area (Å²) in [5, 5.41) is 11.1. The van der Waals surface area contributed by atoms with E-state index < -0.39 is 0 Å². The fraction of sp³-hybridized carbons (Fsp3) is 0.588. The zero-order chi connectivity index (χ0) is 17.5. The Bertz CT molecular complexity index is 567. The van der Waals surface area contributed by atoms with Gasteiger partial charge in [-0.2, -0.15) is 0 Å². The van der Waals surface area contributed by atoms with Crippen molar-refractivity contribution in [1.29, 1.82) is 0 Å². The molecule has 1 heterocycles. The Balaban J connectivity index is 1.85. The summed E-state index contributed by atoms with van der Waals surface area (Å²) < 4.78 is 0. The molecule has 0 atom stereocenters. The van der Waals surface area contributed by atoms with Crippen molar-refractivity contribution in [2.75, 3.05) is 45.8 Å². The molecule has 7 nitrogen and oxygen atoms in total. The maximum Gasteiger partial charge on any atom is 0.273 e. The first kappa shape index (κ1) is 18.4. The van der Waals surface area contributed by atoms with E-state index in [1.54, 1.807) is 12.1 Å². The Kier molecular flexibility index (Phi) is 6.69. The molecule has 24 heavy (non-hydrogen) atoms. The summed E-state index contributed by atoms with van der Waals surface area (Å²) in [6.45, 7) is 9.77. The fourth-order valence-electron chi connectivity index (χ4n) is 3.04. The van der Waals surface area contributed by atoms with Gasteiger partial charge in [-0.1, -0.05) is 18.2 Å². The van der Waals surface area contributed by atoms with Crippen LogP contribution in [0.5, 0.6) is 0 Å². The van der Waals surface area contributed by atoms with Gasteiger partial charge in [-0.15, -0.1) is 0 Å². The molecule has 1 aliphatic rings. The Labute approximate surface area is 143 Å². The van der Waals surface area contributed by atoms with Gasteiger partial charge in [0.15, 0.2) is 0 Å². The zero-order valence-corrected chi connectivity index (χ0v) is 14.5. The van der Waals surface area contributed by atoms with Gasteiger partial charge in [0.05, 0.1) is 11.5 Å². The number of hydrogen-bond donors (Lipinski definition) is 0. The lowest BCUT2D eigenvalue weighted by molar-refractivity contribution is -0.385. The van der Waals surface area contributed by atoms with Gasteiger partial charge >= 0.3 is 0 Å². The largest absolute Gasteiger partial charge is 0.342 e. The van der Waals surface area contributed by atoms with Crippen molar-refractivity contribution < 1.29 is 9.72 Å². The lowest BCUT2D eigenvalue weighted by Crippen LogP contribution is -2.49. The molecule has 0 N–H and O–H groups in total. The Hall–Kier alpha value is -1.99. The molecule has 2 rings (SSSR count). The number of benzene rings is 1. The number of rotatable bonds is 7. The first-order valence-electron chi connectivity index (χ1n) is 8.49. The molecule has 1 amide bonds. The monoisotopic (exact) mass is 334 g/mol. The summed E-state index contributed by atoms with van der Waals surface area (Å²) in [6, 6.07) is 6.89. The molecule has 1 aromatic rings. The third-order valence-electron chi connectivity index (χ3n) is 4.52. The molecule has 0 unspecified atom stereocenters. The standard InChI is InChI=1S/C17H26N4O3/c1-3-20(4-2)17(22)14-19-11-9-18(10-12-19)13-15-7-5-6-8-16(15)21(23)24/h5-8H,3-4,9-14H2,1-2H3. The van der Waals surface area contributed by atoms with E-state index in [4.69, 9.17) is 0 Å². The highest BCUT2D eigenvalue weighted by atomic mass is 16.6. The topological polar surface area (TPSA) is 69.9 Å². The summed E-state index contributed by atoms with van der Waals surface area (Å²) in [7, 11) is 0. The summed E-state index contributed by atoms with van der Waals surface area (Å²) in [5.41, 5.74) is 0.923. The molecular weight excluding hydrogens is 308 g/mol. The molecule has 1 aliphatic heterocycles. The molecule has 0 radical (unpaired) electrons. The Morgan fingerprint density at radius 2 is 1.71 bits per heavy atom. The minimum atomic E-state index is -0.325. The average Bonchev–Trinajstić information content (AvgIpc) is 2.58. The van der Waals surface area contributed by atoms with Gasteiger partial charge in [-0.3, -0.25) is 24.7 Å². The van der Waals surface area contributed by atoms with E-state index in [1.165, 1.54) is 0 Å². The molecule has 7 heteroatoms. The number of hydrogen-bond acceptors (Lipinski definition) is 5. The molecule has 0 aliphatic carbocycles. The lowest BCUT2D eigenvalue weighted by atomic mass is 10.1. The van der Waals surface area contributed by atoms with Gasteiger partial charge in [0.2, 0.25) is 5.91 Å². The highest BCUT2D eigenvalue weighted by Gasteiger charge is 2.22. The van der Waals surface area contributed by atoms with Crippen LogP contribution in [0.1, 0.15) is 19.4 Å². The number of likely N-dealkylation sites (N-methyl/N-ethyl adjacent to an activating group) is 1. The van der Waals surface area contributed by atoms with Gasteiger partial charge in [-0.05, 0) is 13.8 Å². The van der Waals surface area contributed by atoms with Crippen molar-refractivity contribution >= 4 is 11.6 Å². The van der Waals surface area contributed by atoms with Crippen molar-refractivity contribution in [3.05, 3.63) is 39.9 Å². The smallest absolute Gasteiger partial charge is 0.273 e. The summed E-state index contributed by atoms with van der Waals surface area (Å²) in [4.78, 5) is 29.1. The number of para-hydroxylation sites is 1. The lowest BCUT2D eigenvalue weighted by Gasteiger charge is -2.35. The second-order valence-electron chi connectivity index (χ2n) is 6.00. The number of carbonyl (C=O) groups is 1. The minimum absolute atomic E-state index is 0.173. The van der Waals surface area contributed by atoms with Crippen LogP contribution in [0.4, 0.5) is 5.69 Å². The number of nitro groups is 1. The van der Waals surface area contributed by atoms with E-state index in [-0.39, 0.29) is 16.5 Å². The second-order valence-corrected chi connectivity index (χ2v) is 6.00. The Morgan fingerprint density at radius 1 is 1.12 bits per heavy atom. The average molecular weight is 334 g/mol. The molecule has 0 saturated carbocycles. The van der Waals surface area contributed by atoms with E-state index in [9.17, 15) is 14.9 Å². The predicted molar refractivity (Wildman–Crippen MR) is 92.7 cm³/mol. The number of nitrogens with zero attached hydrogens (tertiary/aromatic N) is 4. The van der Waals surface area contributed by atoms with Crippen molar-refractivity contribution in [2.45, 2.75) is 20.4 Å². The van der Waals surface area contributed by atoms with E-state index in [2.05, 4.69) is 9.80 Å². The molecule has 1 aromatic carbocycles. The molecule has 0 spiro atoms. The maximum absolute atomic E-state index is 12.2. The summed E-state index contributed by atoms with van der Waals surface area (Å²) in [5.74, 6) is 0.173. The van der Waals surface area contributed by atoms with Crippen LogP contribution in [0.15, 0.2) is 24.3 Å². The minimum Gasteiger partial charge on any atom is -0.342 e.